The van der Waals surface area contributed by atoms with Gasteiger partial charge in [-0.05, 0) is 19.1 Å². The lowest BCUT2D eigenvalue weighted by atomic mass is 10.2. The molecule has 0 aromatic carbocycles. The maximum absolute atomic E-state index is 10.8. The van der Waals surface area contributed by atoms with Crippen LogP contribution in [0.25, 0.3) is 0 Å². The Balaban J connectivity index is 3.01. The summed E-state index contributed by atoms with van der Waals surface area (Å²) in [6, 6.07) is 3.19. The number of aromatic nitrogens is 1. The predicted molar refractivity (Wildman–Crippen MR) is 56.9 cm³/mol. The zero-order valence-corrected chi connectivity index (χ0v) is 9.26. The van der Waals surface area contributed by atoms with Gasteiger partial charge in [0.15, 0.2) is 0 Å². The number of nitrogens with zero attached hydrogens (tertiary/aromatic N) is 1. The minimum atomic E-state index is -0.902. The zero-order valence-electron chi connectivity index (χ0n) is 8.44. The third-order valence-corrected chi connectivity index (χ3v) is 2.46. The third kappa shape index (κ3) is 3.03. The van der Waals surface area contributed by atoms with E-state index in [-0.39, 0.29) is 0 Å². The maximum atomic E-state index is 10.8. The molecule has 14 heavy (non-hydrogen) atoms. The Morgan fingerprint density at radius 3 is 2.64 bits per heavy atom. The van der Waals surface area contributed by atoms with E-state index in [1.807, 2.05) is 0 Å². The smallest absolute Gasteiger partial charge is 0.335 e. The van der Waals surface area contributed by atoms with Crippen molar-refractivity contribution < 1.29 is 9.90 Å². The summed E-state index contributed by atoms with van der Waals surface area (Å²) in [5.74, 6) is -0.902. The Morgan fingerprint density at radius 1 is 1.50 bits per heavy atom. The number of aromatic carboxylic acids is 1. The van der Waals surface area contributed by atoms with Gasteiger partial charge in [0.05, 0.1) is 10.6 Å². The van der Waals surface area contributed by atoms with Crippen molar-refractivity contribution in [2.24, 2.45) is 0 Å². The molecule has 1 aromatic heterocycles. The monoisotopic (exact) mass is 211 g/mol. The van der Waals surface area contributed by atoms with Crippen molar-refractivity contribution >= 4 is 17.7 Å². The van der Waals surface area contributed by atoms with E-state index in [1.165, 1.54) is 0 Å². The van der Waals surface area contributed by atoms with Gasteiger partial charge in [-0.3, -0.25) is 0 Å². The third-order valence-electron chi connectivity index (χ3n) is 1.53. The molecule has 0 amide bonds. The number of thioether (sulfide) groups is 1. The van der Waals surface area contributed by atoms with Gasteiger partial charge in [0.1, 0.15) is 0 Å². The first-order chi connectivity index (χ1) is 6.49. The van der Waals surface area contributed by atoms with Crippen LogP contribution < -0.4 is 0 Å². The van der Waals surface area contributed by atoms with Crippen LogP contribution in [0, 0.1) is 6.92 Å². The molecule has 0 aliphatic rings. The van der Waals surface area contributed by atoms with Crippen LogP contribution >= 0.6 is 11.8 Å². The summed E-state index contributed by atoms with van der Waals surface area (Å²) >= 11 is 1.57. The van der Waals surface area contributed by atoms with Crippen molar-refractivity contribution in [2.45, 2.75) is 31.0 Å². The minimum absolute atomic E-state index is 0.306. The Bertz CT molecular complexity index is 350. The summed E-state index contributed by atoms with van der Waals surface area (Å²) in [6.07, 6.45) is 0. The van der Waals surface area contributed by atoms with Gasteiger partial charge in [0, 0.05) is 10.9 Å². The molecule has 1 aromatic rings. The maximum Gasteiger partial charge on any atom is 0.335 e. The van der Waals surface area contributed by atoms with Gasteiger partial charge in [0.25, 0.3) is 0 Å². The molecule has 1 heterocycles. The van der Waals surface area contributed by atoms with E-state index < -0.39 is 5.97 Å². The van der Waals surface area contributed by atoms with Gasteiger partial charge in [-0.25, -0.2) is 9.78 Å². The number of rotatable bonds is 3. The van der Waals surface area contributed by atoms with E-state index in [9.17, 15) is 4.79 Å². The van der Waals surface area contributed by atoms with Crippen molar-refractivity contribution in [3.63, 3.8) is 0 Å². The number of aryl methyl sites for hydroxylation is 1. The van der Waals surface area contributed by atoms with Crippen LogP contribution in [0.2, 0.25) is 0 Å². The minimum Gasteiger partial charge on any atom is -0.478 e. The van der Waals surface area contributed by atoms with Gasteiger partial charge in [-0.15, -0.1) is 11.8 Å². The number of hydrogen-bond donors (Lipinski definition) is 1. The highest BCUT2D eigenvalue weighted by atomic mass is 32.2. The standard InChI is InChI=1S/C10H13NO2S/c1-6(2)14-9-5-8(10(12)13)4-7(3)11-9/h4-6H,1-3H3,(H,12,13). The average Bonchev–Trinajstić information content (AvgIpc) is 2.01. The number of carbonyl (C=O) groups is 1. The molecule has 0 saturated heterocycles. The molecule has 0 bridgehead atoms. The molecule has 0 aliphatic carbocycles. The number of pyridine rings is 1. The second-order valence-corrected chi connectivity index (χ2v) is 4.90. The van der Waals surface area contributed by atoms with Crippen LogP contribution in [0.3, 0.4) is 0 Å². The van der Waals surface area contributed by atoms with Gasteiger partial charge >= 0.3 is 5.97 Å². The van der Waals surface area contributed by atoms with Crippen molar-refractivity contribution in [1.82, 2.24) is 4.98 Å². The van der Waals surface area contributed by atoms with E-state index in [1.54, 1.807) is 30.8 Å². The summed E-state index contributed by atoms with van der Waals surface area (Å²) in [5, 5.41) is 10.0. The van der Waals surface area contributed by atoms with Crippen molar-refractivity contribution in [3.05, 3.63) is 23.4 Å². The summed E-state index contributed by atoms with van der Waals surface area (Å²) in [7, 11) is 0. The van der Waals surface area contributed by atoms with E-state index in [0.717, 1.165) is 10.7 Å². The highest BCUT2D eigenvalue weighted by molar-refractivity contribution is 7.99. The second-order valence-electron chi connectivity index (χ2n) is 3.31. The molecule has 0 fully saturated rings. The molecular weight excluding hydrogens is 198 g/mol. The Labute approximate surface area is 87.6 Å². The molecule has 0 spiro atoms. The molecule has 3 nitrogen and oxygen atoms in total. The summed E-state index contributed by atoms with van der Waals surface area (Å²) in [4.78, 5) is 15.0. The molecule has 4 heteroatoms. The molecule has 0 atom stereocenters. The first-order valence-electron chi connectivity index (χ1n) is 4.37. The van der Waals surface area contributed by atoms with E-state index in [2.05, 4.69) is 18.8 Å². The Hall–Kier alpha value is -1.03. The van der Waals surface area contributed by atoms with Gasteiger partial charge in [-0.1, -0.05) is 13.8 Å². The van der Waals surface area contributed by atoms with Crippen molar-refractivity contribution in [1.29, 1.82) is 0 Å². The molecule has 0 unspecified atom stereocenters. The number of carboxylic acids is 1. The molecule has 1 rings (SSSR count). The molecular formula is C10H13NO2S. The van der Waals surface area contributed by atoms with E-state index >= 15 is 0 Å². The second kappa shape index (κ2) is 4.46. The van der Waals surface area contributed by atoms with Crippen LogP contribution in [0.15, 0.2) is 17.2 Å². The van der Waals surface area contributed by atoms with Crippen LogP contribution in [0.5, 0.6) is 0 Å². The topological polar surface area (TPSA) is 50.2 Å². The van der Waals surface area contributed by atoms with Gasteiger partial charge < -0.3 is 5.11 Å². The lowest BCUT2D eigenvalue weighted by Crippen LogP contribution is -2.00. The fraction of sp³-hybridized carbons (Fsp3) is 0.400. The summed E-state index contributed by atoms with van der Waals surface area (Å²) in [5.41, 5.74) is 1.05. The van der Waals surface area contributed by atoms with E-state index in [4.69, 9.17) is 5.11 Å². The molecule has 0 aliphatic heterocycles. The molecule has 76 valence electrons. The largest absolute Gasteiger partial charge is 0.478 e. The van der Waals surface area contributed by atoms with Crippen LogP contribution in [0.4, 0.5) is 0 Å². The van der Waals surface area contributed by atoms with Crippen LogP contribution in [0.1, 0.15) is 29.9 Å². The Morgan fingerprint density at radius 2 is 2.14 bits per heavy atom. The van der Waals surface area contributed by atoms with Crippen LogP contribution in [-0.2, 0) is 0 Å². The normalized spacial score (nSPS) is 10.6. The van der Waals surface area contributed by atoms with Gasteiger partial charge in [0.2, 0.25) is 0 Å². The number of hydrogen-bond acceptors (Lipinski definition) is 3. The molecule has 0 radical (unpaired) electrons. The summed E-state index contributed by atoms with van der Waals surface area (Å²) < 4.78 is 0. The van der Waals surface area contributed by atoms with E-state index in [0.29, 0.717) is 10.8 Å². The van der Waals surface area contributed by atoms with Crippen LogP contribution in [-0.4, -0.2) is 21.3 Å². The Kier molecular flexibility index (Phi) is 3.52. The zero-order chi connectivity index (χ0) is 10.7. The molecule has 1 N–H and O–H groups in total. The average molecular weight is 211 g/mol. The first-order valence-corrected chi connectivity index (χ1v) is 5.25. The SMILES string of the molecule is Cc1cc(C(=O)O)cc(SC(C)C)n1. The van der Waals surface area contributed by atoms with Gasteiger partial charge in [-0.2, -0.15) is 0 Å². The fourth-order valence-electron chi connectivity index (χ4n) is 1.06. The highest BCUT2D eigenvalue weighted by Gasteiger charge is 2.07. The highest BCUT2D eigenvalue weighted by Crippen LogP contribution is 2.22. The fourth-order valence-corrected chi connectivity index (χ4v) is 1.94. The quantitative estimate of drug-likeness (QED) is 0.781. The summed E-state index contributed by atoms with van der Waals surface area (Å²) in [6.45, 7) is 5.90. The molecule has 0 saturated carbocycles. The number of carboxylic acid groups (broad SMARTS) is 1. The van der Waals surface area contributed by atoms with Crippen molar-refractivity contribution in [3.8, 4) is 0 Å². The lowest BCUT2D eigenvalue weighted by Gasteiger charge is -2.05. The van der Waals surface area contributed by atoms with Crippen molar-refractivity contribution in [2.75, 3.05) is 0 Å². The lowest BCUT2D eigenvalue weighted by molar-refractivity contribution is 0.0696. The predicted octanol–water partition coefficient (Wildman–Crippen LogP) is 2.59. The first kappa shape index (κ1) is 11.0.